The van der Waals surface area contributed by atoms with E-state index >= 15 is 0 Å². The van der Waals surface area contributed by atoms with E-state index in [0.29, 0.717) is 12.0 Å². The van der Waals surface area contributed by atoms with Gasteiger partial charge in [-0.15, -0.1) is 0 Å². The minimum atomic E-state index is 0.485. The molecule has 0 aliphatic carbocycles. The largest absolute Gasteiger partial charge is 0.378 e. The van der Waals surface area contributed by atoms with Crippen molar-refractivity contribution in [2.45, 2.75) is 39.2 Å². The summed E-state index contributed by atoms with van der Waals surface area (Å²) in [6.45, 7) is 8.58. The normalized spacial score (nSPS) is 17.7. The van der Waals surface area contributed by atoms with Gasteiger partial charge in [0.2, 0.25) is 5.89 Å². The van der Waals surface area contributed by atoms with Crippen LogP contribution in [0.5, 0.6) is 0 Å². The number of ether oxygens (including phenoxy) is 1. The molecule has 1 aliphatic heterocycles. The van der Waals surface area contributed by atoms with Crippen LogP contribution in [0.3, 0.4) is 0 Å². The fourth-order valence-electron chi connectivity index (χ4n) is 2.07. The summed E-state index contributed by atoms with van der Waals surface area (Å²) in [4.78, 5) is 6.56. The molecule has 1 saturated heterocycles. The van der Waals surface area contributed by atoms with Gasteiger partial charge in [-0.2, -0.15) is 4.98 Å². The summed E-state index contributed by atoms with van der Waals surface area (Å²) < 4.78 is 10.6. The van der Waals surface area contributed by atoms with Crippen molar-refractivity contribution < 1.29 is 9.26 Å². The summed E-state index contributed by atoms with van der Waals surface area (Å²) in [5, 5.41) is 7.50. The first-order valence-electron chi connectivity index (χ1n) is 7.18. The minimum Gasteiger partial charge on any atom is -0.378 e. The predicted octanol–water partition coefficient (Wildman–Crippen LogP) is 1.23. The number of hydrogen-bond acceptors (Lipinski definition) is 6. The van der Waals surface area contributed by atoms with Crippen LogP contribution < -0.4 is 10.2 Å². The van der Waals surface area contributed by atoms with Crippen LogP contribution in [0.15, 0.2) is 4.52 Å². The number of aromatic nitrogens is 2. The van der Waals surface area contributed by atoms with Gasteiger partial charge in [-0.25, -0.2) is 0 Å². The van der Waals surface area contributed by atoms with Crippen LogP contribution in [0.25, 0.3) is 0 Å². The molecule has 0 saturated carbocycles. The van der Waals surface area contributed by atoms with E-state index in [1.165, 1.54) is 0 Å². The van der Waals surface area contributed by atoms with Crippen molar-refractivity contribution in [2.24, 2.45) is 0 Å². The third kappa shape index (κ3) is 4.47. The van der Waals surface area contributed by atoms with Gasteiger partial charge in [-0.3, -0.25) is 0 Å². The molecular formula is C13H24N4O2. The van der Waals surface area contributed by atoms with Gasteiger partial charge < -0.3 is 19.5 Å². The van der Waals surface area contributed by atoms with Crippen molar-refractivity contribution in [1.29, 1.82) is 0 Å². The second-order valence-electron chi connectivity index (χ2n) is 4.98. The standard InChI is InChI=1S/C13H24N4O2/c1-3-6-14-11(2)4-5-12-15-13(16-19-12)17-7-9-18-10-8-17/h11,14H,3-10H2,1-2H3. The molecule has 0 bridgehead atoms. The number of aryl methyl sites for hydroxylation is 1. The quantitative estimate of drug-likeness (QED) is 0.802. The molecule has 2 rings (SSSR count). The molecule has 1 aromatic heterocycles. The van der Waals surface area contributed by atoms with E-state index in [2.05, 4.69) is 34.2 Å². The number of nitrogens with zero attached hydrogens (tertiary/aromatic N) is 3. The molecule has 0 aromatic carbocycles. The van der Waals surface area contributed by atoms with Crippen molar-refractivity contribution in [1.82, 2.24) is 15.5 Å². The fraction of sp³-hybridized carbons (Fsp3) is 0.846. The van der Waals surface area contributed by atoms with E-state index in [1.807, 2.05) is 0 Å². The van der Waals surface area contributed by atoms with Crippen molar-refractivity contribution >= 4 is 5.95 Å². The van der Waals surface area contributed by atoms with Crippen LogP contribution in [-0.4, -0.2) is 49.0 Å². The molecule has 19 heavy (non-hydrogen) atoms. The number of nitrogens with one attached hydrogen (secondary N) is 1. The molecule has 1 fully saturated rings. The molecule has 0 spiro atoms. The Balaban J connectivity index is 1.77. The van der Waals surface area contributed by atoms with Crippen LogP contribution in [0.4, 0.5) is 5.95 Å². The second-order valence-corrected chi connectivity index (χ2v) is 4.98. The van der Waals surface area contributed by atoms with E-state index in [0.717, 1.165) is 58.0 Å². The van der Waals surface area contributed by atoms with Gasteiger partial charge in [0.1, 0.15) is 0 Å². The Labute approximate surface area is 114 Å². The molecule has 6 nitrogen and oxygen atoms in total. The first-order valence-corrected chi connectivity index (χ1v) is 7.18. The maximum Gasteiger partial charge on any atom is 0.266 e. The highest BCUT2D eigenvalue weighted by Crippen LogP contribution is 2.12. The zero-order valence-electron chi connectivity index (χ0n) is 11.9. The van der Waals surface area contributed by atoms with E-state index < -0.39 is 0 Å². The molecule has 0 amide bonds. The van der Waals surface area contributed by atoms with Gasteiger partial charge in [-0.05, 0) is 31.5 Å². The zero-order valence-corrected chi connectivity index (χ0v) is 11.9. The Hall–Kier alpha value is -1.14. The Morgan fingerprint density at radius 2 is 2.16 bits per heavy atom. The summed E-state index contributed by atoms with van der Waals surface area (Å²) in [5.74, 6) is 1.43. The van der Waals surface area contributed by atoms with Gasteiger partial charge in [0, 0.05) is 25.6 Å². The summed E-state index contributed by atoms with van der Waals surface area (Å²) in [6, 6.07) is 0.485. The summed E-state index contributed by atoms with van der Waals surface area (Å²) in [7, 11) is 0. The van der Waals surface area contributed by atoms with Crippen molar-refractivity contribution in [3.8, 4) is 0 Å². The third-order valence-electron chi connectivity index (χ3n) is 3.29. The summed E-state index contributed by atoms with van der Waals surface area (Å²) in [6.07, 6.45) is 3.01. The second kappa shape index (κ2) is 7.45. The lowest BCUT2D eigenvalue weighted by molar-refractivity contribution is 0.121. The van der Waals surface area contributed by atoms with Gasteiger partial charge >= 0.3 is 0 Å². The van der Waals surface area contributed by atoms with Crippen LogP contribution in [0.1, 0.15) is 32.6 Å². The number of rotatable bonds is 7. The van der Waals surface area contributed by atoms with Crippen LogP contribution >= 0.6 is 0 Å². The van der Waals surface area contributed by atoms with Gasteiger partial charge in [0.05, 0.1) is 13.2 Å². The Morgan fingerprint density at radius 3 is 2.89 bits per heavy atom. The first kappa shape index (κ1) is 14.3. The number of anilines is 1. The van der Waals surface area contributed by atoms with Gasteiger partial charge in [0.25, 0.3) is 5.95 Å². The SMILES string of the molecule is CCCNC(C)CCc1nc(N2CCOCC2)no1. The molecule has 1 N–H and O–H groups in total. The molecule has 108 valence electrons. The Morgan fingerprint density at radius 1 is 1.37 bits per heavy atom. The summed E-state index contributed by atoms with van der Waals surface area (Å²) in [5.41, 5.74) is 0. The average molecular weight is 268 g/mol. The molecule has 1 atom stereocenters. The van der Waals surface area contributed by atoms with Crippen molar-refractivity contribution in [3.05, 3.63) is 5.89 Å². The molecule has 1 aromatic rings. The van der Waals surface area contributed by atoms with E-state index in [9.17, 15) is 0 Å². The van der Waals surface area contributed by atoms with E-state index in [4.69, 9.17) is 9.26 Å². The van der Waals surface area contributed by atoms with Gasteiger partial charge in [-0.1, -0.05) is 6.92 Å². The van der Waals surface area contributed by atoms with Crippen molar-refractivity contribution in [3.63, 3.8) is 0 Å². The molecule has 1 aliphatic rings. The minimum absolute atomic E-state index is 0.485. The summed E-state index contributed by atoms with van der Waals surface area (Å²) >= 11 is 0. The highest BCUT2D eigenvalue weighted by Gasteiger charge is 2.17. The monoisotopic (exact) mass is 268 g/mol. The fourth-order valence-corrected chi connectivity index (χ4v) is 2.07. The molecule has 6 heteroatoms. The number of morpholine rings is 1. The third-order valence-corrected chi connectivity index (χ3v) is 3.29. The average Bonchev–Trinajstić information content (AvgIpc) is 2.93. The lowest BCUT2D eigenvalue weighted by atomic mass is 10.2. The Bertz CT molecular complexity index is 363. The topological polar surface area (TPSA) is 63.4 Å². The van der Waals surface area contributed by atoms with E-state index in [1.54, 1.807) is 0 Å². The number of hydrogen-bond donors (Lipinski definition) is 1. The molecule has 0 radical (unpaired) electrons. The lowest BCUT2D eigenvalue weighted by Crippen LogP contribution is -2.36. The Kier molecular flexibility index (Phi) is 5.60. The predicted molar refractivity (Wildman–Crippen MR) is 73.4 cm³/mol. The van der Waals surface area contributed by atoms with Gasteiger partial charge in [0.15, 0.2) is 0 Å². The highest BCUT2D eigenvalue weighted by atomic mass is 16.5. The highest BCUT2D eigenvalue weighted by molar-refractivity contribution is 5.27. The molecular weight excluding hydrogens is 244 g/mol. The van der Waals surface area contributed by atoms with Crippen LogP contribution in [-0.2, 0) is 11.2 Å². The van der Waals surface area contributed by atoms with E-state index in [-0.39, 0.29) is 0 Å². The smallest absolute Gasteiger partial charge is 0.266 e. The maximum atomic E-state index is 5.31. The first-order chi connectivity index (χ1) is 9.29. The van der Waals surface area contributed by atoms with Crippen molar-refractivity contribution in [2.75, 3.05) is 37.7 Å². The molecule has 2 heterocycles. The maximum absolute atomic E-state index is 5.31. The lowest BCUT2D eigenvalue weighted by Gasteiger charge is -2.24. The molecule has 1 unspecified atom stereocenters. The zero-order chi connectivity index (χ0) is 13.5. The van der Waals surface area contributed by atoms with Crippen LogP contribution in [0.2, 0.25) is 0 Å². The van der Waals surface area contributed by atoms with Crippen LogP contribution in [0, 0.1) is 0 Å².